The van der Waals surface area contributed by atoms with Crippen molar-refractivity contribution < 1.29 is 4.52 Å². The lowest BCUT2D eigenvalue weighted by atomic mass is 10.1. The van der Waals surface area contributed by atoms with E-state index in [1.807, 2.05) is 31.3 Å². The molecule has 0 aliphatic carbocycles. The summed E-state index contributed by atoms with van der Waals surface area (Å²) in [5.41, 5.74) is 3.68. The molecule has 14 heavy (non-hydrogen) atoms. The van der Waals surface area contributed by atoms with Crippen LogP contribution in [0, 0.1) is 6.92 Å². The van der Waals surface area contributed by atoms with E-state index < -0.39 is 0 Å². The average molecular weight is 187 g/mol. The molecule has 0 amide bonds. The molecule has 1 aromatic heterocycles. The van der Waals surface area contributed by atoms with Gasteiger partial charge in [-0.2, -0.15) is 0 Å². The third-order valence-electron chi connectivity index (χ3n) is 2.04. The Balaban J connectivity index is 2.49. The highest BCUT2D eigenvalue weighted by atomic mass is 16.5. The van der Waals surface area contributed by atoms with Gasteiger partial charge in [-0.1, -0.05) is 23.4 Å². The summed E-state index contributed by atoms with van der Waals surface area (Å²) in [6, 6.07) is 7.85. The molecule has 0 aliphatic heterocycles. The van der Waals surface area contributed by atoms with Gasteiger partial charge in [-0.25, -0.2) is 0 Å². The van der Waals surface area contributed by atoms with Gasteiger partial charge in [0.1, 0.15) is 17.6 Å². The minimum absolute atomic E-state index is 0.818. The van der Waals surface area contributed by atoms with Gasteiger partial charge in [0.05, 0.1) is 0 Å². The van der Waals surface area contributed by atoms with Crippen molar-refractivity contribution in [1.82, 2.24) is 5.16 Å². The Morgan fingerprint density at radius 3 is 3.00 bits per heavy atom. The third-order valence-corrected chi connectivity index (χ3v) is 2.04. The second kappa shape index (κ2) is 3.54. The Morgan fingerprint density at radius 1 is 1.43 bits per heavy atom. The Bertz CT molecular complexity index is 434. The van der Waals surface area contributed by atoms with Crippen molar-refractivity contribution >= 4 is 5.69 Å². The first-order valence-corrected chi connectivity index (χ1v) is 4.36. The monoisotopic (exact) mass is 187 g/mol. The quantitative estimate of drug-likeness (QED) is 0.785. The molecule has 1 radical (unpaired) electrons. The molecule has 2 aromatic rings. The molecule has 0 fully saturated rings. The van der Waals surface area contributed by atoms with Crippen LogP contribution in [-0.2, 0) is 0 Å². The molecular formula is C11H11N2O. The molecule has 0 spiro atoms. The van der Waals surface area contributed by atoms with E-state index >= 15 is 0 Å². The zero-order valence-electron chi connectivity index (χ0n) is 7.95. The predicted molar refractivity (Wildman–Crippen MR) is 55.9 cm³/mol. The molecule has 0 saturated carbocycles. The van der Waals surface area contributed by atoms with E-state index in [1.54, 1.807) is 6.26 Å². The van der Waals surface area contributed by atoms with E-state index in [1.165, 1.54) is 0 Å². The topological polar surface area (TPSA) is 38.1 Å². The molecule has 0 unspecified atom stereocenters. The van der Waals surface area contributed by atoms with Crippen LogP contribution in [0.5, 0.6) is 0 Å². The van der Waals surface area contributed by atoms with Crippen molar-refractivity contribution in [1.29, 1.82) is 0 Å². The van der Waals surface area contributed by atoms with E-state index in [2.05, 4.69) is 17.4 Å². The molecule has 1 aromatic carbocycles. The van der Waals surface area contributed by atoms with Crippen molar-refractivity contribution in [2.45, 2.75) is 0 Å². The smallest absolute Gasteiger partial charge is 0.147 e. The SMILES string of the molecule is [CH2]c1cccc(-c2nocc2NC)c1. The van der Waals surface area contributed by atoms with E-state index in [0.717, 1.165) is 22.5 Å². The molecule has 0 aliphatic rings. The lowest BCUT2D eigenvalue weighted by Gasteiger charge is -2.00. The summed E-state index contributed by atoms with van der Waals surface area (Å²) in [5, 5.41) is 6.95. The second-order valence-electron chi connectivity index (χ2n) is 3.03. The summed E-state index contributed by atoms with van der Waals surface area (Å²) in [5.74, 6) is 0. The molecule has 0 bridgehead atoms. The van der Waals surface area contributed by atoms with E-state index in [4.69, 9.17) is 4.52 Å². The van der Waals surface area contributed by atoms with Crippen LogP contribution < -0.4 is 5.32 Å². The van der Waals surface area contributed by atoms with Gasteiger partial charge in [-0.3, -0.25) is 0 Å². The summed E-state index contributed by atoms with van der Waals surface area (Å²) in [7, 11) is 1.84. The Kier molecular flexibility index (Phi) is 2.23. The number of anilines is 1. The number of nitrogens with zero attached hydrogens (tertiary/aromatic N) is 1. The minimum Gasteiger partial charge on any atom is -0.384 e. The van der Waals surface area contributed by atoms with Gasteiger partial charge in [0.25, 0.3) is 0 Å². The maximum absolute atomic E-state index is 4.90. The molecular weight excluding hydrogens is 176 g/mol. The molecule has 1 heterocycles. The van der Waals surface area contributed by atoms with Crippen molar-refractivity contribution in [2.75, 3.05) is 12.4 Å². The van der Waals surface area contributed by atoms with Crippen LogP contribution in [0.3, 0.4) is 0 Å². The van der Waals surface area contributed by atoms with Crippen LogP contribution in [0.4, 0.5) is 5.69 Å². The first-order chi connectivity index (χ1) is 6.81. The van der Waals surface area contributed by atoms with Gasteiger partial charge in [0.15, 0.2) is 0 Å². The standard InChI is InChI=1S/C11H11N2O/c1-8-4-3-5-9(6-8)11-10(12-2)7-14-13-11/h3-7,12H,1H2,2H3. The number of nitrogens with one attached hydrogen (secondary N) is 1. The van der Waals surface area contributed by atoms with Crippen LogP contribution in [0.2, 0.25) is 0 Å². The lowest BCUT2D eigenvalue weighted by Crippen LogP contribution is -1.89. The Morgan fingerprint density at radius 2 is 2.29 bits per heavy atom. The summed E-state index contributed by atoms with van der Waals surface area (Å²) < 4.78 is 4.90. The second-order valence-corrected chi connectivity index (χ2v) is 3.03. The predicted octanol–water partition coefficient (Wildman–Crippen LogP) is 2.57. The van der Waals surface area contributed by atoms with Crippen LogP contribution in [0.25, 0.3) is 11.3 Å². The van der Waals surface area contributed by atoms with Crippen molar-refractivity contribution in [3.8, 4) is 11.3 Å². The first-order valence-electron chi connectivity index (χ1n) is 4.36. The molecule has 71 valence electrons. The fourth-order valence-electron chi connectivity index (χ4n) is 1.34. The molecule has 0 atom stereocenters. The van der Waals surface area contributed by atoms with Gasteiger partial charge in [0, 0.05) is 12.6 Å². The lowest BCUT2D eigenvalue weighted by molar-refractivity contribution is 0.422. The molecule has 3 nitrogen and oxygen atoms in total. The summed E-state index contributed by atoms with van der Waals surface area (Å²) in [6.45, 7) is 3.87. The Labute approximate surface area is 82.7 Å². The minimum atomic E-state index is 0.818. The molecule has 1 N–H and O–H groups in total. The highest BCUT2D eigenvalue weighted by Crippen LogP contribution is 2.26. The average Bonchev–Trinajstić information content (AvgIpc) is 2.65. The summed E-state index contributed by atoms with van der Waals surface area (Å²) in [6.07, 6.45) is 1.59. The number of aromatic nitrogens is 1. The maximum Gasteiger partial charge on any atom is 0.147 e. The maximum atomic E-state index is 4.90. The van der Waals surface area contributed by atoms with Gasteiger partial charge in [0.2, 0.25) is 0 Å². The van der Waals surface area contributed by atoms with Crippen LogP contribution in [0.1, 0.15) is 5.56 Å². The first kappa shape index (κ1) is 8.81. The molecule has 2 rings (SSSR count). The number of hydrogen-bond acceptors (Lipinski definition) is 3. The Hall–Kier alpha value is -1.77. The number of benzene rings is 1. The number of hydrogen-bond donors (Lipinski definition) is 1. The zero-order chi connectivity index (χ0) is 9.97. The van der Waals surface area contributed by atoms with Gasteiger partial charge < -0.3 is 9.84 Å². The van der Waals surface area contributed by atoms with Crippen LogP contribution in [0.15, 0.2) is 35.1 Å². The van der Waals surface area contributed by atoms with E-state index in [9.17, 15) is 0 Å². The van der Waals surface area contributed by atoms with Gasteiger partial charge in [-0.05, 0) is 18.6 Å². The summed E-state index contributed by atoms with van der Waals surface area (Å²) >= 11 is 0. The van der Waals surface area contributed by atoms with Crippen molar-refractivity contribution in [2.24, 2.45) is 0 Å². The van der Waals surface area contributed by atoms with E-state index in [-0.39, 0.29) is 0 Å². The van der Waals surface area contributed by atoms with Crippen LogP contribution >= 0.6 is 0 Å². The fraction of sp³-hybridized carbons (Fsp3) is 0.0909. The molecule has 0 saturated heterocycles. The fourth-order valence-corrected chi connectivity index (χ4v) is 1.34. The normalized spacial score (nSPS) is 10.1. The van der Waals surface area contributed by atoms with Crippen molar-refractivity contribution in [3.05, 3.63) is 43.0 Å². The van der Waals surface area contributed by atoms with Crippen molar-refractivity contribution in [3.63, 3.8) is 0 Å². The van der Waals surface area contributed by atoms with Gasteiger partial charge in [-0.15, -0.1) is 0 Å². The zero-order valence-corrected chi connectivity index (χ0v) is 7.95. The number of rotatable bonds is 2. The summed E-state index contributed by atoms with van der Waals surface area (Å²) in [4.78, 5) is 0. The third kappa shape index (κ3) is 1.48. The largest absolute Gasteiger partial charge is 0.384 e. The van der Waals surface area contributed by atoms with E-state index in [0.29, 0.717) is 0 Å². The molecule has 3 heteroatoms. The highest BCUT2D eigenvalue weighted by Gasteiger charge is 2.07. The highest BCUT2D eigenvalue weighted by molar-refractivity contribution is 5.73. The van der Waals surface area contributed by atoms with Gasteiger partial charge >= 0.3 is 0 Å². The van der Waals surface area contributed by atoms with Crippen LogP contribution in [-0.4, -0.2) is 12.2 Å².